The molecule has 0 fully saturated rings. The van der Waals surface area contributed by atoms with Crippen LogP contribution >= 0.6 is 0 Å². The van der Waals surface area contributed by atoms with Crippen LogP contribution in [0.3, 0.4) is 0 Å². The van der Waals surface area contributed by atoms with Crippen LogP contribution in [0.25, 0.3) is 0 Å². The lowest BCUT2D eigenvalue weighted by molar-refractivity contribution is 0.178. The summed E-state index contributed by atoms with van der Waals surface area (Å²) in [6, 6.07) is 1.90. The van der Waals surface area contributed by atoms with E-state index < -0.39 is 0 Å². The summed E-state index contributed by atoms with van der Waals surface area (Å²) in [5.41, 5.74) is 0. The van der Waals surface area contributed by atoms with Gasteiger partial charge in [-0.2, -0.15) is 0 Å². The topological polar surface area (TPSA) is 89.8 Å². The van der Waals surface area contributed by atoms with Gasteiger partial charge in [0.2, 0.25) is 0 Å². The summed E-state index contributed by atoms with van der Waals surface area (Å²) in [5, 5.41) is 14.2. The van der Waals surface area contributed by atoms with Gasteiger partial charge in [0.1, 0.15) is 18.2 Å². The summed E-state index contributed by atoms with van der Waals surface area (Å²) < 4.78 is 6.87. The lowest BCUT2D eigenvalue weighted by Crippen LogP contribution is -2.14. The van der Waals surface area contributed by atoms with Crippen LogP contribution in [-0.4, -0.2) is 45.2 Å². The molecule has 0 aliphatic carbocycles. The van der Waals surface area contributed by atoms with E-state index in [1.54, 1.807) is 18.0 Å². The van der Waals surface area contributed by atoms with Crippen molar-refractivity contribution >= 4 is 11.6 Å². The average Bonchev–Trinajstić information content (AvgIpc) is 2.99. The molecule has 2 heterocycles. The minimum atomic E-state index is 0.388. The van der Waals surface area contributed by atoms with Crippen LogP contribution in [0.2, 0.25) is 0 Å². The van der Waals surface area contributed by atoms with E-state index in [2.05, 4.69) is 37.8 Å². The first-order valence-electron chi connectivity index (χ1n) is 7.00. The maximum absolute atomic E-state index is 5.10. The standard InChI is InChI=1S/C13H21N7O/c1-3-4-14-11-9-12(18-13(17-11)10-21-2)15-5-7-20-8-6-16-19-20/h6,8-9H,3-5,7,10H2,1-2H3,(H2,14,15,17,18). The Morgan fingerprint density at radius 2 is 1.95 bits per heavy atom. The Morgan fingerprint density at radius 1 is 1.19 bits per heavy atom. The first kappa shape index (κ1) is 15.2. The highest BCUT2D eigenvalue weighted by molar-refractivity contribution is 5.47. The van der Waals surface area contributed by atoms with Crippen LogP contribution in [0.1, 0.15) is 19.2 Å². The van der Waals surface area contributed by atoms with Crippen LogP contribution in [0.5, 0.6) is 0 Å². The van der Waals surface area contributed by atoms with Crippen molar-refractivity contribution in [1.82, 2.24) is 25.0 Å². The van der Waals surface area contributed by atoms with Gasteiger partial charge < -0.3 is 15.4 Å². The number of rotatable bonds is 9. The van der Waals surface area contributed by atoms with Crippen molar-refractivity contribution in [2.24, 2.45) is 0 Å². The molecule has 0 aliphatic rings. The van der Waals surface area contributed by atoms with Gasteiger partial charge >= 0.3 is 0 Å². The maximum Gasteiger partial charge on any atom is 0.158 e. The molecule has 0 unspecified atom stereocenters. The van der Waals surface area contributed by atoms with E-state index in [4.69, 9.17) is 4.74 Å². The van der Waals surface area contributed by atoms with E-state index in [0.29, 0.717) is 19.0 Å². The summed E-state index contributed by atoms with van der Waals surface area (Å²) in [5.74, 6) is 2.24. The van der Waals surface area contributed by atoms with E-state index in [9.17, 15) is 0 Å². The normalized spacial score (nSPS) is 10.6. The first-order chi connectivity index (χ1) is 10.3. The van der Waals surface area contributed by atoms with E-state index in [-0.39, 0.29) is 0 Å². The average molecular weight is 291 g/mol. The number of hydrogen-bond acceptors (Lipinski definition) is 7. The molecule has 0 bridgehead atoms. The number of methoxy groups -OCH3 is 1. The Kier molecular flexibility index (Phi) is 5.89. The Morgan fingerprint density at radius 3 is 2.57 bits per heavy atom. The molecular formula is C13H21N7O. The van der Waals surface area contributed by atoms with Crippen molar-refractivity contribution < 1.29 is 4.74 Å². The fraction of sp³-hybridized carbons (Fsp3) is 0.538. The fourth-order valence-electron chi connectivity index (χ4n) is 1.78. The first-order valence-corrected chi connectivity index (χ1v) is 7.00. The summed E-state index contributed by atoms with van der Waals surface area (Å²) in [7, 11) is 1.63. The lowest BCUT2D eigenvalue weighted by atomic mass is 10.4. The highest BCUT2D eigenvalue weighted by atomic mass is 16.5. The molecule has 0 aliphatic heterocycles. The Hall–Kier alpha value is -2.22. The summed E-state index contributed by atoms with van der Waals surface area (Å²) in [6.07, 6.45) is 4.53. The molecule has 0 atom stereocenters. The molecule has 8 nitrogen and oxygen atoms in total. The van der Waals surface area contributed by atoms with Gasteiger partial charge in [0.15, 0.2) is 5.82 Å². The predicted molar refractivity (Wildman–Crippen MR) is 80.0 cm³/mol. The van der Waals surface area contributed by atoms with Crippen LogP contribution in [0.15, 0.2) is 18.5 Å². The third-order valence-electron chi connectivity index (χ3n) is 2.72. The van der Waals surface area contributed by atoms with E-state index in [1.165, 1.54) is 0 Å². The molecule has 114 valence electrons. The highest BCUT2D eigenvalue weighted by Crippen LogP contribution is 2.12. The second kappa shape index (κ2) is 8.15. The van der Waals surface area contributed by atoms with Gasteiger partial charge in [-0.05, 0) is 6.42 Å². The van der Waals surface area contributed by atoms with E-state index in [1.807, 2.05) is 12.3 Å². The van der Waals surface area contributed by atoms with Crippen LogP contribution in [0.4, 0.5) is 11.6 Å². The molecule has 0 amide bonds. The van der Waals surface area contributed by atoms with Crippen LogP contribution in [-0.2, 0) is 17.9 Å². The van der Waals surface area contributed by atoms with E-state index in [0.717, 1.165) is 31.1 Å². The Bertz CT molecular complexity index is 529. The van der Waals surface area contributed by atoms with Crippen molar-refractivity contribution in [3.05, 3.63) is 24.3 Å². The minimum absolute atomic E-state index is 0.388. The lowest BCUT2D eigenvalue weighted by Gasteiger charge is -2.10. The molecule has 0 saturated heterocycles. The second-order valence-corrected chi connectivity index (χ2v) is 4.51. The Labute approximate surface area is 123 Å². The van der Waals surface area contributed by atoms with Gasteiger partial charge in [-0.25, -0.2) is 9.97 Å². The fourth-order valence-corrected chi connectivity index (χ4v) is 1.78. The zero-order valence-electron chi connectivity index (χ0n) is 12.4. The number of aromatic nitrogens is 5. The van der Waals surface area contributed by atoms with E-state index >= 15 is 0 Å². The number of anilines is 2. The zero-order chi connectivity index (χ0) is 14.9. The predicted octanol–water partition coefficient (Wildman–Crippen LogP) is 1.15. The second-order valence-electron chi connectivity index (χ2n) is 4.51. The SMILES string of the molecule is CCCNc1cc(NCCn2ccnn2)nc(COC)n1. The van der Waals surface area contributed by atoms with Crippen molar-refractivity contribution in [1.29, 1.82) is 0 Å². The van der Waals surface area contributed by atoms with Crippen molar-refractivity contribution in [3.63, 3.8) is 0 Å². The summed E-state index contributed by atoms with van der Waals surface area (Å²) in [4.78, 5) is 8.82. The molecule has 8 heteroatoms. The molecule has 0 spiro atoms. The zero-order valence-corrected chi connectivity index (χ0v) is 12.4. The summed E-state index contributed by atoms with van der Waals surface area (Å²) >= 11 is 0. The van der Waals surface area contributed by atoms with Crippen molar-refractivity contribution in [2.75, 3.05) is 30.8 Å². The van der Waals surface area contributed by atoms with Crippen LogP contribution < -0.4 is 10.6 Å². The third-order valence-corrected chi connectivity index (χ3v) is 2.72. The largest absolute Gasteiger partial charge is 0.377 e. The monoisotopic (exact) mass is 291 g/mol. The van der Waals surface area contributed by atoms with Crippen molar-refractivity contribution in [2.45, 2.75) is 26.5 Å². The summed E-state index contributed by atoms with van der Waals surface area (Å²) in [6.45, 7) is 4.81. The molecule has 2 aromatic rings. The number of hydrogen-bond donors (Lipinski definition) is 2. The Balaban J connectivity index is 1.97. The number of nitrogens with one attached hydrogen (secondary N) is 2. The quantitative estimate of drug-likeness (QED) is 0.716. The molecule has 2 N–H and O–H groups in total. The smallest absolute Gasteiger partial charge is 0.158 e. The molecular weight excluding hydrogens is 270 g/mol. The molecule has 21 heavy (non-hydrogen) atoms. The van der Waals surface area contributed by atoms with Gasteiger partial charge in [-0.1, -0.05) is 12.1 Å². The van der Waals surface area contributed by atoms with Gasteiger partial charge in [0, 0.05) is 32.5 Å². The van der Waals surface area contributed by atoms with Crippen LogP contribution in [0, 0.1) is 0 Å². The minimum Gasteiger partial charge on any atom is -0.377 e. The highest BCUT2D eigenvalue weighted by Gasteiger charge is 2.04. The number of ether oxygens (including phenoxy) is 1. The maximum atomic E-state index is 5.10. The molecule has 2 aromatic heterocycles. The molecule has 0 aromatic carbocycles. The third kappa shape index (κ3) is 4.99. The van der Waals surface area contributed by atoms with Gasteiger partial charge in [-0.3, -0.25) is 4.68 Å². The van der Waals surface area contributed by atoms with Gasteiger partial charge in [0.05, 0.1) is 12.7 Å². The number of nitrogens with zero attached hydrogens (tertiary/aromatic N) is 5. The molecule has 0 radical (unpaired) electrons. The van der Waals surface area contributed by atoms with Gasteiger partial charge in [-0.15, -0.1) is 5.10 Å². The van der Waals surface area contributed by atoms with Crippen molar-refractivity contribution in [3.8, 4) is 0 Å². The molecule has 2 rings (SSSR count). The molecule has 0 saturated carbocycles. The van der Waals surface area contributed by atoms with Gasteiger partial charge in [0.25, 0.3) is 0 Å².